The lowest BCUT2D eigenvalue weighted by Crippen LogP contribution is -2.49. The molecule has 1 aromatic carbocycles. The standard InChI is InChI=1S/C16H24N4O3.ClH/c1-19(12-16(22)20-8-6-17-7-9-20)11-15(21)18-13-4-3-5-14(10-13)23-2;/h3-5,10,17H,6-9,11-12H2,1-2H3,(H,18,21);1H. The van der Waals surface area contributed by atoms with E-state index < -0.39 is 0 Å². The normalized spacial score (nSPS) is 14.0. The van der Waals surface area contributed by atoms with Crippen molar-refractivity contribution in [1.29, 1.82) is 0 Å². The third-order valence-electron chi connectivity index (χ3n) is 3.64. The Labute approximate surface area is 148 Å². The number of nitrogens with zero attached hydrogens (tertiary/aromatic N) is 2. The Bertz CT molecular complexity index is 550. The number of anilines is 1. The van der Waals surface area contributed by atoms with Gasteiger partial charge in [-0.25, -0.2) is 0 Å². The van der Waals surface area contributed by atoms with Crippen molar-refractivity contribution in [2.24, 2.45) is 0 Å². The van der Waals surface area contributed by atoms with Gasteiger partial charge in [-0.2, -0.15) is 0 Å². The molecule has 0 atom stereocenters. The monoisotopic (exact) mass is 356 g/mol. The molecule has 1 aliphatic rings. The van der Waals surface area contributed by atoms with E-state index in [-0.39, 0.29) is 37.3 Å². The van der Waals surface area contributed by atoms with Crippen LogP contribution >= 0.6 is 12.4 Å². The minimum absolute atomic E-state index is 0. The molecule has 0 unspecified atom stereocenters. The van der Waals surface area contributed by atoms with Gasteiger partial charge in [0.15, 0.2) is 0 Å². The fourth-order valence-electron chi connectivity index (χ4n) is 2.45. The number of hydrogen-bond donors (Lipinski definition) is 2. The number of nitrogens with one attached hydrogen (secondary N) is 2. The first-order valence-corrected chi connectivity index (χ1v) is 7.69. The van der Waals surface area contributed by atoms with Gasteiger partial charge in [-0.3, -0.25) is 14.5 Å². The van der Waals surface area contributed by atoms with Crippen LogP contribution in [-0.2, 0) is 9.59 Å². The van der Waals surface area contributed by atoms with E-state index in [1.165, 1.54) is 0 Å². The molecule has 1 saturated heterocycles. The van der Waals surface area contributed by atoms with Crippen LogP contribution in [0.15, 0.2) is 24.3 Å². The molecule has 0 aromatic heterocycles. The third kappa shape index (κ3) is 6.35. The van der Waals surface area contributed by atoms with Gasteiger partial charge in [-0.15, -0.1) is 12.4 Å². The maximum atomic E-state index is 12.1. The zero-order valence-electron chi connectivity index (χ0n) is 14.1. The van der Waals surface area contributed by atoms with Crippen LogP contribution in [-0.4, -0.2) is 75.0 Å². The summed E-state index contributed by atoms with van der Waals surface area (Å²) in [6, 6.07) is 7.18. The lowest BCUT2D eigenvalue weighted by atomic mass is 10.3. The Morgan fingerprint density at radius 2 is 2.00 bits per heavy atom. The minimum Gasteiger partial charge on any atom is -0.497 e. The number of carbonyl (C=O) groups is 2. The average molecular weight is 357 g/mol. The Balaban J connectivity index is 0.00000288. The molecule has 1 heterocycles. The Morgan fingerprint density at radius 1 is 1.29 bits per heavy atom. The highest BCUT2D eigenvalue weighted by Gasteiger charge is 2.18. The molecule has 1 aliphatic heterocycles. The van der Waals surface area contributed by atoms with Crippen LogP contribution in [0.2, 0.25) is 0 Å². The number of halogens is 1. The summed E-state index contributed by atoms with van der Waals surface area (Å²) in [6.07, 6.45) is 0. The van der Waals surface area contributed by atoms with Crippen molar-refractivity contribution in [3.05, 3.63) is 24.3 Å². The number of hydrogen-bond acceptors (Lipinski definition) is 5. The summed E-state index contributed by atoms with van der Waals surface area (Å²) in [5.41, 5.74) is 0.677. The molecule has 0 aliphatic carbocycles. The maximum absolute atomic E-state index is 12.1. The average Bonchev–Trinajstić information content (AvgIpc) is 2.55. The van der Waals surface area contributed by atoms with Gasteiger partial charge in [0, 0.05) is 37.9 Å². The van der Waals surface area contributed by atoms with Crippen LogP contribution in [0, 0.1) is 0 Å². The van der Waals surface area contributed by atoms with E-state index in [0.29, 0.717) is 11.4 Å². The minimum atomic E-state index is -0.158. The van der Waals surface area contributed by atoms with Crippen LogP contribution in [0.1, 0.15) is 0 Å². The van der Waals surface area contributed by atoms with Crippen LogP contribution in [0.4, 0.5) is 5.69 Å². The molecule has 8 heteroatoms. The molecule has 24 heavy (non-hydrogen) atoms. The van der Waals surface area contributed by atoms with Crippen molar-refractivity contribution < 1.29 is 14.3 Å². The molecule has 0 radical (unpaired) electrons. The van der Waals surface area contributed by atoms with E-state index in [1.54, 1.807) is 31.2 Å². The number of ether oxygens (including phenoxy) is 1. The number of likely N-dealkylation sites (N-methyl/N-ethyl adjacent to an activating group) is 1. The molecule has 2 amide bonds. The zero-order valence-corrected chi connectivity index (χ0v) is 14.9. The van der Waals surface area contributed by atoms with Crippen molar-refractivity contribution in [2.75, 3.05) is 58.7 Å². The molecule has 1 aromatic rings. The van der Waals surface area contributed by atoms with Crippen molar-refractivity contribution in [3.8, 4) is 5.75 Å². The Kier molecular flexibility index (Phi) is 8.53. The van der Waals surface area contributed by atoms with Gasteiger partial charge in [0.1, 0.15) is 5.75 Å². The van der Waals surface area contributed by atoms with Crippen molar-refractivity contribution in [1.82, 2.24) is 15.1 Å². The van der Waals surface area contributed by atoms with Crippen LogP contribution in [0.5, 0.6) is 5.75 Å². The van der Waals surface area contributed by atoms with Crippen molar-refractivity contribution >= 4 is 29.9 Å². The summed E-state index contributed by atoms with van der Waals surface area (Å²) in [6.45, 7) is 3.50. The fourth-order valence-corrected chi connectivity index (χ4v) is 2.45. The van der Waals surface area contributed by atoms with E-state index in [2.05, 4.69) is 10.6 Å². The number of rotatable bonds is 6. The Hall–Kier alpha value is -1.83. The summed E-state index contributed by atoms with van der Waals surface area (Å²) in [5, 5.41) is 6.01. The predicted octanol–water partition coefficient (Wildman–Crippen LogP) is 0.419. The van der Waals surface area contributed by atoms with Gasteiger partial charge in [0.2, 0.25) is 11.8 Å². The number of piperazine rings is 1. The largest absolute Gasteiger partial charge is 0.497 e. The molecule has 1 fully saturated rings. The fraction of sp³-hybridized carbons (Fsp3) is 0.500. The van der Waals surface area contributed by atoms with E-state index in [1.807, 2.05) is 17.0 Å². The summed E-state index contributed by atoms with van der Waals surface area (Å²) < 4.78 is 5.12. The van der Waals surface area contributed by atoms with E-state index >= 15 is 0 Å². The predicted molar refractivity (Wildman–Crippen MR) is 95.8 cm³/mol. The molecule has 7 nitrogen and oxygen atoms in total. The zero-order chi connectivity index (χ0) is 16.7. The Morgan fingerprint density at radius 3 is 2.67 bits per heavy atom. The SMILES string of the molecule is COc1cccc(NC(=O)CN(C)CC(=O)N2CCNCC2)c1.Cl. The van der Waals surface area contributed by atoms with Gasteiger partial charge < -0.3 is 20.3 Å². The highest BCUT2D eigenvalue weighted by atomic mass is 35.5. The molecular weight excluding hydrogens is 332 g/mol. The quantitative estimate of drug-likeness (QED) is 0.772. The van der Waals surface area contributed by atoms with Crippen LogP contribution < -0.4 is 15.4 Å². The second-order valence-corrected chi connectivity index (χ2v) is 5.58. The number of benzene rings is 1. The molecule has 2 N–H and O–H groups in total. The van der Waals surface area contributed by atoms with Gasteiger partial charge >= 0.3 is 0 Å². The van der Waals surface area contributed by atoms with E-state index in [4.69, 9.17) is 4.74 Å². The number of amides is 2. The summed E-state index contributed by atoms with van der Waals surface area (Å²) >= 11 is 0. The van der Waals surface area contributed by atoms with Gasteiger partial charge in [0.25, 0.3) is 0 Å². The molecule has 0 saturated carbocycles. The van der Waals surface area contributed by atoms with Crippen molar-refractivity contribution in [2.45, 2.75) is 0 Å². The number of carbonyl (C=O) groups excluding carboxylic acids is 2. The molecule has 0 bridgehead atoms. The van der Waals surface area contributed by atoms with Gasteiger partial charge in [-0.1, -0.05) is 6.07 Å². The first kappa shape index (κ1) is 20.2. The molecule has 0 spiro atoms. The maximum Gasteiger partial charge on any atom is 0.238 e. The molecular formula is C16H25ClN4O3. The summed E-state index contributed by atoms with van der Waals surface area (Å²) in [5.74, 6) is 0.585. The molecule has 134 valence electrons. The lowest BCUT2D eigenvalue weighted by Gasteiger charge is -2.29. The van der Waals surface area contributed by atoms with Gasteiger partial charge in [-0.05, 0) is 19.2 Å². The second kappa shape index (κ2) is 10.1. The molecule has 2 rings (SSSR count). The van der Waals surface area contributed by atoms with Gasteiger partial charge in [0.05, 0.1) is 20.2 Å². The van der Waals surface area contributed by atoms with Crippen LogP contribution in [0.25, 0.3) is 0 Å². The topological polar surface area (TPSA) is 73.9 Å². The first-order chi connectivity index (χ1) is 11.1. The van der Waals surface area contributed by atoms with E-state index in [9.17, 15) is 9.59 Å². The van der Waals surface area contributed by atoms with Crippen molar-refractivity contribution in [3.63, 3.8) is 0 Å². The third-order valence-corrected chi connectivity index (χ3v) is 3.64. The first-order valence-electron chi connectivity index (χ1n) is 7.69. The summed E-state index contributed by atoms with van der Waals surface area (Å²) in [4.78, 5) is 27.7. The second-order valence-electron chi connectivity index (χ2n) is 5.58. The lowest BCUT2D eigenvalue weighted by molar-refractivity contribution is -0.133. The smallest absolute Gasteiger partial charge is 0.238 e. The summed E-state index contributed by atoms with van der Waals surface area (Å²) in [7, 11) is 3.35. The number of methoxy groups -OCH3 is 1. The highest BCUT2D eigenvalue weighted by Crippen LogP contribution is 2.16. The van der Waals surface area contributed by atoms with Crippen LogP contribution in [0.3, 0.4) is 0 Å². The van der Waals surface area contributed by atoms with E-state index in [0.717, 1.165) is 26.2 Å². The highest BCUT2D eigenvalue weighted by molar-refractivity contribution is 5.92.